The summed E-state index contributed by atoms with van der Waals surface area (Å²) in [5.74, 6) is -0.323. The Balaban J connectivity index is 2.07. The first-order valence-corrected chi connectivity index (χ1v) is 6.86. The van der Waals surface area contributed by atoms with Gasteiger partial charge in [-0.15, -0.1) is 0 Å². The predicted octanol–water partition coefficient (Wildman–Crippen LogP) is 3.67. The van der Waals surface area contributed by atoms with E-state index in [4.69, 9.17) is 5.73 Å². The van der Waals surface area contributed by atoms with E-state index in [1.807, 2.05) is 18.2 Å². The van der Waals surface area contributed by atoms with Gasteiger partial charge in [0.15, 0.2) is 0 Å². The van der Waals surface area contributed by atoms with Crippen LogP contribution in [-0.4, -0.2) is 10.2 Å². The van der Waals surface area contributed by atoms with Gasteiger partial charge in [-0.05, 0) is 34.1 Å². The van der Waals surface area contributed by atoms with E-state index in [-0.39, 0.29) is 12.4 Å². The quantitative estimate of drug-likeness (QED) is 0.684. The van der Waals surface area contributed by atoms with Crippen LogP contribution in [0, 0.1) is 5.82 Å². The molecule has 6 heteroatoms. The molecule has 4 nitrogen and oxygen atoms in total. The van der Waals surface area contributed by atoms with Crippen molar-refractivity contribution in [1.82, 2.24) is 10.2 Å². The molecule has 0 spiro atoms. The Labute approximate surface area is 123 Å². The van der Waals surface area contributed by atoms with E-state index >= 15 is 0 Å². The highest BCUT2D eigenvalue weighted by Crippen LogP contribution is 2.31. The van der Waals surface area contributed by atoms with E-state index in [1.54, 1.807) is 12.3 Å². The van der Waals surface area contributed by atoms with E-state index in [9.17, 15) is 4.39 Å². The van der Waals surface area contributed by atoms with Gasteiger partial charge in [-0.1, -0.05) is 12.1 Å². The van der Waals surface area contributed by atoms with Gasteiger partial charge in [-0.25, -0.2) is 4.39 Å². The fourth-order valence-corrected chi connectivity index (χ4v) is 2.64. The van der Waals surface area contributed by atoms with E-state index in [1.165, 1.54) is 6.07 Å². The minimum absolute atomic E-state index is 0.236. The Hall–Kier alpha value is -1.92. The van der Waals surface area contributed by atoms with Crippen LogP contribution in [0.1, 0.15) is 5.56 Å². The first-order chi connectivity index (χ1) is 9.70. The molecule has 0 unspecified atom stereocenters. The maximum absolute atomic E-state index is 13.5. The number of nitrogens with one attached hydrogen (secondary N) is 2. The van der Waals surface area contributed by atoms with Crippen molar-refractivity contribution in [2.75, 3.05) is 5.32 Å². The van der Waals surface area contributed by atoms with Gasteiger partial charge in [0, 0.05) is 23.2 Å². The molecule has 102 valence electrons. The SMILES string of the molecule is NCc1c(Nc2cccc3cn[nH]c23)ccc(F)c1Br. The lowest BCUT2D eigenvalue weighted by Gasteiger charge is -2.13. The molecule has 1 aromatic heterocycles. The highest BCUT2D eigenvalue weighted by atomic mass is 79.9. The Kier molecular flexibility index (Phi) is 3.42. The Morgan fingerprint density at radius 1 is 1.25 bits per heavy atom. The Morgan fingerprint density at radius 2 is 2.10 bits per heavy atom. The summed E-state index contributed by atoms with van der Waals surface area (Å²) in [5, 5.41) is 11.2. The number of halogens is 2. The number of hydrogen-bond acceptors (Lipinski definition) is 3. The lowest BCUT2D eigenvalue weighted by molar-refractivity contribution is 0.618. The van der Waals surface area contributed by atoms with Gasteiger partial charge < -0.3 is 11.1 Å². The van der Waals surface area contributed by atoms with Gasteiger partial charge >= 0.3 is 0 Å². The third-order valence-corrected chi connectivity index (χ3v) is 4.00. The number of aromatic amines is 1. The number of para-hydroxylation sites is 1. The summed E-state index contributed by atoms with van der Waals surface area (Å²) in [6.07, 6.45) is 1.75. The molecule has 0 amide bonds. The minimum Gasteiger partial charge on any atom is -0.353 e. The molecule has 0 bridgehead atoms. The molecule has 0 atom stereocenters. The maximum Gasteiger partial charge on any atom is 0.137 e. The van der Waals surface area contributed by atoms with Crippen LogP contribution in [0.2, 0.25) is 0 Å². The second-order valence-corrected chi connectivity index (χ2v) is 5.15. The number of rotatable bonds is 3. The van der Waals surface area contributed by atoms with Crippen LogP contribution in [-0.2, 0) is 6.54 Å². The first kappa shape index (κ1) is 13.1. The van der Waals surface area contributed by atoms with Crippen LogP contribution in [0.15, 0.2) is 41.0 Å². The van der Waals surface area contributed by atoms with Crippen LogP contribution >= 0.6 is 15.9 Å². The molecule has 2 aromatic carbocycles. The average molecular weight is 335 g/mol. The van der Waals surface area contributed by atoms with Gasteiger partial charge in [-0.3, -0.25) is 5.10 Å². The van der Waals surface area contributed by atoms with Crippen molar-refractivity contribution >= 4 is 38.2 Å². The molecule has 3 rings (SSSR count). The minimum atomic E-state index is -0.323. The highest BCUT2D eigenvalue weighted by molar-refractivity contribution is 9.10. The zero-order valence-electron chi connectivity index (χ0n) is 10.5. The van der Waals surface area contributed by atoms with Gasteiger partial charge in [0.2, 0.25) is 0 Å². The molecule has 1 heterocycles. The second-order valence-electron chi connectivity index (χ2n) is 4.36. The summed E-state index contributed by atoms with van der Waals surface area (Å²) >= 11 is 3.23. The topological polar surface area (TPSA) is 66.7 Å². The number of H-pyrrole nitrogens is 1. The molecule has 0 aliphatic heterocycles. The zero-order valence-corrected chi connectivity index (χ0v) is 12.0. The number of anilines is 2. The summed E-state index contributed by atoms with van der Waals surface area (Å²) < 4.78 is 13.9. The molecule has 20 heavy (non-hydrogen) atoms. The number of nitrogens with two attached hydrogens (primary N) is 1. The van der Waals surface area contributed by atoms with Crippen molar-refractivity contribution in [3.63, 3.8) is 0 Å². The Bertz CT molecular complexity index is 769. The highest BCUT2D eigenvalue weighted by Gasteiger charge is 2.11. The summed E-state index contributed by atoms with van der Waals surface area (Å²) in [6, 6.07) is 8.91. The summed E-state index contributed by atoms with van der Waals surface area (Å²) in [5.41, 5.74) is 8.94. The van der Waals surface area contributed by atoms with Crippen LogP contribution in [0.4, 0.5) is 15.8 Å². The first-order valence-electron chi connectivity index (χ1n) is 6.06. The molecule has 3 aromatic rings. The summed E-state index contributed by atoms with van der Waals surface area (Å²) in [4.78, 5) is 0. The Morgan fingerprint density at radius 3 is 2.90 bits per heavy atom. The molecule has 4 N–H and O–H groups in total. The van der Waals surface area contributed by atoms with Crippen molar-refractivity contribution in [3.8, 4) is 0 Å². The van der Waals surface area contributed by atoms with Crippen molar-refractivity contribution in [3.05, 3.63) is 52.4 Å². The molecule has 0 aliphatic rings. The number of hydrogen-bond donors (Lipinski definition) is 3. The van der Waals surface area contributed by atoms with E-state index in [0.717, 1.165) is 22.3 Å². The maximum atomic E-state index is 13.5. The van der Waals surface area contributed by atoms with Gasteiger partial charge in [-0.2, -0.15) is 5.10 Å². The lowest BCUT2D eigenvalue weighted by atomic mass is 10.1. The van der Waals surface area contributed by atoms with Crippen molar-refractivity contribution < 1.29 is 4.39 Å². The van der Waals surface area contributed by atoms with E-state index in [0.29, 0.717) is 10.0 Å². The largest absolute Gasteiger partial charge is 0.353 e. The zero-order chi connectivity index (χ0) is 14.1. The number of fused-ring (bicyclic) bond motifs is 1. The summed E-state index contributed by atoms with van der Waals surface area (Å²) in [6.45, 7) is 0.236. The third-order valence-electron chi connectivity index (χ3n) is 3.15. The van der Waals surface area contributed by atoms with E-state index in [2.05, 4.69) is 31.4 Å². The summed E-state index contributed by atoms with van der Waals surface area (Å²) in [7, 11) is 0. The predicted molar refractivity (Wildman–Crippen MR) is 81.4 cm³/mol. The van der Waals surface area contributed by atoms with Crippen molar-refractivity contribution in [1.29, 1.82) is 0 Å². The second kappa shape index (κ2) is 5.22. The lowest BCUT2D eigenvalue weighted by Crippen LogP contribution is -2.04. The molecule has 0 aliphatic carbocycles. The molecular formula is C14H12BrFN4. The number of benzene rings is 2. The van der Waals surface area contributed by atoms with Crippen LogP contribution in [0.5, 0.6) is 0 Å². The molecule has 0 radical (unpaired) electrons. The average Bonchev–Trinajstić information content (AvgIpc) is 2.93. The smallest absolute Gasteiger partial charge is 0.137 e. The molecule has 0 saturated carbocycles. The van der Waals surface area contributed by atoms with Crippen molar-refractivity contribution in [2.24, 2.45) is 5.73 Å². The van der Waals surface area contributed by atoms with Crippen LogP contribution < -0.4 is 11.1 Å². The molecule has 0 saturated heterocycles. The normalized spacial score (nSPS) is 10.9. The fourth-order valence-electron chi connectivity index (χ4n) is 2.13. The fraction of sp³-hybridized carbons (Fsp3) is 0.0714. The van der Waals surface area contributed by atoms with Crippen LogP contribution in [0.25, 0.3) is 10.9 Å². The number of aromatic nitrogens is 2. The van der Waals surface area contributed by atoms with Crippen molar-refractivity contribution in [2.45, 2.75) is 6.54 Å². The van der Waals surface area contributed by atoms with Gasteiger partial charge in [0.25, 0.3) is 0 Å². The van der Waals surface area contributed by atoms with Gasteiger partial charge in [0.05, 0.1) is 21.9 Å². The molecule has 0 fully saturated rings. The van der Waals surface area contributed by atoms with Crippen LogP contribution in [0.3, 0.4) is 0 Å². The standard InChI is InChI=1S/C14H12BrFN4/c15-13-9(6-17)11(5-4-10(13)16)19-12-3-1-2-8-7-18-20-14(8)12/h1-5,7,19H,6,17H2,(H,18,20). The molecular weight excluding hydrogens is 323 g/mol. The third kappa shape index (κ3) is 2.17. The van der Waals surface area contributed by atoms with E-state index < -0.39 is 0 Å². The monoisotopic (exact) mass is 334 g/mol. The van der Waals surface area contributed by atoms with Gasteiger partial charge in [0.1, 0.15) is 5.82 Å². The number of nitrogens with zero attached hydrogens (tertiary/aromatic N) is 1.